The highest BCUT2D eigenvalue weighted by atomic mass is 16.1. The molecule has 0 aliphatic carbocycles. The maximum atomic E-state index is 11.3. The van der Waals surface area contributed by atoms with Crippen LogP contribution in [0.15, 0.2) is 24.3 Å². The summed E-state index contributed by atoms with van der Waals surface area (Å²) >= 11 is 0. The highest BCUT2D eigenvalue weighted by Gasteiger charge is 2.00. The molecule has 0 unspecified atom stereocenters. The molecule has 1 amide bonds. The Bertz CT molecular complexity index is 390. The summed E-state index contributed by atoms with van der Waals surface area (Å²) in [4.78, 5) is 11.3. The summed E-state index contributed by atoms with van der Waals surface area (Å²) in [6.07, 6.45) is 6.85. The number of amides is 1. The molecular weight excluding hydrogens is 212 g/mol. The molecule has 3 N–H and O–H groups in total. The Labute approximate surface area is 102 Å². The van der Waals surface area contributed by atoms with Gasteiger partial charge in [-0.2, -0.15) is 0 Å². The first-order valence-corrected chi connectivity index (χ1v) is 5.74. The predicted molar refractivity (Wildman–Crippen MR) is 69.1 cm³/mol. The van der Waals surface area contributed by atoms with Crippen LogP contribution >= 0.6 is 0 Å². The van der Waals surface area contributed by atoms with Crippen molar-refractivity contribution in [1.29, 1.82) is 0 Å². The molecule has 90 valence electrons. The van der Waals surface area contributed by atoms with Crippen LogP contribution in [0.3, 0.4) is 0 Å². The third-order valence-corrected chi connectivity index (χ3v) is 2.44. The first kappa shape index (κ1) is 13.3. The molecule has 0 radical (unpaired) electrons. The summed E-state index contributed by atoms with van der Waals surface area (Å²) in [7, 11) is 0. The Morgan fingerprint density at radius 3 is 2.53 bits per heavy atom. The number of hydrogen-bond donors (Lipinski definition) is 2. The van der Waals surface area contributed by atoms with Gasteiger partial charge in [-0.25, -0.2) is 0 Å². The summed E-state index contributed by atoms with van der Waals surface area (Å²) in [5.41, 5.74) is 7.77. The van der Waals surface area contributed by atoms with E-state index in [1.807, 2.05) is 24.3 Å². The normalized spacial score (nSPS) is 9.65. The smallest absolute Gasteiger partial charge is 0.221 e. The predicted octanol–water partition coefficient (Wildman–Crippen LogP) is 1.22. The first-order chi connectivity index (χ1) is 8.26. The molecule has 0 aliphatic rings. The van der Waals surface area contributed by atoms with Gasteiger partial charge in [-0.1, -0.05) is 24.3 Å². The summed E-state index contributed by atoms with van der Waals surface area (Å²) in [6, 6.07) is 8.09. The number of hydrogen-bond acceptors (Lipinski definition) is 2. The van der Waals surface area contributed by atoms with Gasteiger partial charge in [0.05, 0.1) is 0 Å². The SMILES string of the molecule is C#CCCC(=O)NCc1ccc(CCN)cc1. The lowest BCUT2D eigenvalue weighted by atomic mass is 10.1. The van der Waals surface area contributed by atoms with Gasteiger partial charge in [-0.3, -0.25) is 4.79 Å². The minimum absolute atomic E-state index is 0.00557. The lowest BCUT2D eigenvalue weighted by Gasteiger charge is -2.05. The van der Waals surface area contributed by atoms with Crippen molar-refractivity contribution in [2.24, 2.45) is 5.73 Å². The van der Waals surface area contributed by atoms with E-state index in [0.717, 1.165) is 12.0 Å². The fourth-order valence-electron chi connectivity index (χ4n) is 1.47. The van der Waals surface area contributed by atoms with E-state index in [-0.39, 0.29) is 5.91 Å². The van der Waals surface area contributed by atoms with Crippen LogP contribution in [0.2, 0.25) is 0 Å². The molecule has 0 fully saturated rings. The average molecular weight is 230 g/mol. The minimum atomic E-state index is -0.00557. The Morgan fingerprint density at radius 2 is 1.94 bits per heavy atom. The fraction of sp³-hybridized carbons (Fsp3) is 0.357. The third kappa shape index (κ3) is 5.19. The summed E-state index contributed by atoms with van der Waals surface area (Å²) in [6.45, 7) is 1.20. The molecule has 3 heteroatoms. The zero-order valence-electron chi connectivity index (χ0n) is 9.91. The molecule has 1 aromatic rings. The highest BCUT2D eigenvalue weighted by molar-refractivity contribution is 5.76. The van der Waals surface area contributed by atoms with Crippen molar-refractivity contribution in [3.05, 3.63) is 35.4 Å². The van der Waals surface area contributed by atoms with E-state index in [2.05, 4.69) is 11.2 Å². The monoisotopic (exact) mass is 230 g/mol. The van der Waals surface area contributed by atoms with Gasteiger partial charge in [-0.15, -0.1) is 12.3 Å². The maximum absolute atomic E-state index is 11.3. The van der Waals surface area contributed by atoms with Crippen LogP contribution < -0.4 is 11.1 Å². The van der Waals surface area contributed by atoms with Gasteiger partial charge in [0.1, 0.15) is 0 Å². The van der Waals surface area contributed by atoms with E-state index < -0.39 is 0 Å². The van der Waals surface area contributed by atoms with E-state index >= 15 is 0 Å². The second kappa shape index (κ2) is 7.48. The number of carbonyl (C=O) groups excluding carboxylic acids is 1. The van der Waals surface area contributed by atoms with Crippen LogP contribution in [0.4, 0.5) is 0 Å². The molecule has 0 aliphatic heterocycles. The van der Waals surface area contributed by atoms with E-state index in [9.17, 15) is 4.79 Å². The molecule has 0 heterocycles. The lowest BCUT2D eigenvalue weighted by molar-refractivity contribution is -0.121. The van der Waals surface area contributed by atoms with E-state index in [0.29, 0.717) is 25.9 Å². The molecule has 0 saturated carbocycles. The Hall–Kier alpha value is -1.79. The van der Waals surface area contributed by atoms with E-state index in [1.165, 1.54) is 5.56 Å². The van der Waals surface area contributed by atoms with Crippen molar-refractivity contribution >= 4 is 5.91 Å². The molecule has 3 nitrogen and oxygen atoms in total. The Balaban J connectivity index is 2.37. The van der Waals surface area contributed by atoms with Crippen LogP contribution in [0.25, 0.3) is 0 Å². The summed E-state index contributed by atoms with van der Waals surface area (Å²) in [5.74, 6) is 2.44. The zero-order chi connectivity index (χ0) is 12.5. The molecule has 0 saturated heterocycles. The van der Waals surface area contributed by atoms with Gasteiger partial charge in [0, 0.05) is 19.4 Å². The van der Waals surface area contributed by atoms with Crippen molar-refractivity contribution in [2.75, 3.05) is 6.54 Å². The standard InChI is InChI=1S/C14H18N2O/c1-2-3-4-14(17)16-11-13-7-5-12(6-8-13)9-10-15/h1,5-8H,3-4,9-11,15H2,(H,16,17). The van der Waals surface area contributed by atoms with Gasteiger partial charge >= 0.3 is 0 Å². The molecule has 17 heavy (non-hydrogen) atoms. The second-order valence-corrected chi connectivity index (χ2v) is 3.84. The van der Waals surface area contributed by atoms with Crippen LogP contribution in [0, 0.1) is 12.3 Å². The van der Waals surface area contributed by atoms with Gasteiger partial charge < -0.3 is 11.1 Å². The highest BCUT2D eigenvalue weighted by Crippen LogP contribution is 2.04. The molecule has 0 spiro atoms. The minimum Gasteiger partial charge on any atom is -0.352 e. The zero-order valence-corrected chi connectivity index (χ0v) is 9.91. The molecule has 0 bridgehead atoms. The topological polar surface area (TPSA) is 55.1 Å². The van der Waals surface area contributed by atoms with Gasteiger partial charge in [-0.05, 0) is 24.1 Å². The van der Waals surface area contributed by atoms with Crippen LogP contribution in [0.1, 0.15) is 24.0 Å². The van der Waals surface area contributed by atoms with Gasteiger partial charge in [0.25, 0.3) is 0 Å². The number of nitrogens with one attached hydrogen (secondary N) is 1. The molecule has 0 atom stereocenters. The molecule has 1 aromatic carbocycles. The van der Waals surface area contributed by atoms with Crippen LogP contribution in [0.5, 0.6) is 0 Å². The van der Waals surface area contributed by atoms with Crippen molar-refractivity contribution in [3.63, 3.8) is 0 Å². The van der Waals surface area contributed by atoms with E-state index in [4.69, 9.17) is 12.2 Å². The van der Waals surface area contributed by atoms with Crippen molar-refractivity contribution < 1.29 is 4.79 Å². The molecular formula is C14H18N2O. The number of nitrogens with two attached hydrogens (primary N) is 1. The van der Waals surface area contributed by atoms with Crippen molar-refractivity contribution in [3.8, 4) is 12.3 Å². The van der Waals surface area contributed by atoms with Crippen LogP contribution in [-0.2, 0) is 17.8 Å². The largest absolute Gasteiger partial charge is 0.352 e. The lowest BCUT2D eigenvalue weighted by Crippen LogP contribution is -2.22. The molecule has 0 aromatic heterocycles. The summed E-state index contributed by atoms with van der Waals surface area (Å²) < 4.78 is 0. The summed E-state index contributed by atoms with van der Waals surface area (Å²) in [5, 5.41) is 2.83. The van der Waals surface area contributed by atoms with Crippen molar-refractivity contribution in [2.45, 2.75) is 25.8 Å². The maximum Gasteiger partial charge on any atom is 0.221 e. The quantitative estimate of drug-likeness (QED) is 0.722. The first-order valence-electron chi connectivity index (χ1n) is 5.74. The number of terminal acetylenes is 1. The third-order valence-electron chi connectivity index (χ3n) is 2.44. The van der Waals surface area contributed by atoms with Gasteiger partial charge in [0.15, 0.2) is 0 Å². The van der Waals surface area contributed by atoms with E-state index in [1.54, 1.807) is 0 Å². The fourth-order valence-corrected chi connectivity index (χ4v) is 1.47. The van der Waals surface area contributed by atoms with Crippen LogP contribution in [-0.4, -0.2) is 12.5 Å². The molecule has 1 rings (SSSR count). The van der Waals surface area contributed by atoms with Crippen molar-refractivity contribution in [1.82, 2.24) is 5.32 Å². The second-order valence-electron chi connectivity index (χ2n) is 3.84. The Morgan fingerprint density at radius 1 is 1.29 bits per heavy atom. The average Bonchev–Trinajstić information content (AvgIpc) is 2.36. The number of rotatable bonds is 6. The Kier molecular flexibility index (Phi) is 5.84. The number of carbonyl (C=O) groups is 1. The van der Waals surface area contributed by atoms with Gasteiger partial charge in [0.2, 0.25) is 5.91 Å². The number of benzene rings is 1.